The van der Waals surface area contributed by atoms with Gasteiger partial charge in [-0.1, -0.05) is 18.9 Å². The Morgan fingerprint density at radius 2 is 1.52 bits per heavy atom. The minimum absolute atomic E-state index is 0.247. The lowest BCUT2D eigenvalue weighted by atomic mass is 9.88. The minimum atomic E-state index is -0.247. The molecule has 156 valence electrons. The van der Waals surface area contributed by atoms with Crippen molar-refractivity contribution in [3.63, 3.8) is 0 Å². The van der Waals surface area contributed by atoms with Crippen molar-refractivity contribution in [3.05, 3.63) is 42.0 Å². The predicted molar refractivity (Wildman–Crippen MR) is 119 cm³/mol. The summed E-state index contributed by atoms with van der Waals surface area (Å²) in [5.74, 6) is 2.82. The van der Waals surface area contributed by atoms with Crippen LogP contribution in [0.1, 0.15) is 31.2 Å². The normalized spacial score (nSPS) is 14.8. The summed E-state index contributed by atoms with van der Waals surface area (Å²) in [6, 6.07) is 11.6. The van der Waals surface area contributed by atoms with E-state index in [0.29, 0.717) is 22.4 Å². The van der Waals surface area contributed by atoms with Gasteiger partial charge in [0, 0.05) is 6.07 Å². The number of hydrogen-bond donors (Lipinski definition) is 2. The van der Waals surface area contributed by atoms with E-state index in [4.69, 9.17) is 31.2 Å². The van der Waals surface area contributed by atoms with Gasteiger partial charge in [0.1, 0.15) is 11.5 Å². The van der Waals surface area contributed by atoms with Crippen molar-refractivity contribution < 1.29 is 18.9 Å². The van der Waals surface area contributed by atoms with E-state index in [1.165, 1.54) is 0 Å². The fraction of sp³-hybridized carbons (Fsp3) is 0.409. The van der Waals surface area contributed by atoms with Crippen LogP contribution in [-0.4, -0.2) is 33.6 Å². The van der Waals surface area contributed by atoms with Crippen molar-refractivity contribution in [1.82, 2.24) is 5.32 Å². The van der Waals surface area contributed by atoms with E-state index in [2.05, 4.69) is 16.7 Å². The zero-order valence-electron chi connectivity index (χ0n) is 17.3. The third kappa shape index (κ3) is 4.50. The van der Waals surface area contributed by atoms with Gasteiger partial charge < -0.3 is 29.6 Å². The van der Waals surface area contributed by atoms with Gasteiger partial charge in [-0.05, 0) is 54.9 Å². The molecule has 0 atom stereocenters. The van der Waals surface area contributed by atoms with Gasteiger partial charge in [-0.25, -0.2) is 0 Å². The Kier molecular flexibility index (Phi) is 6.69. The number of ether oxygens (including phenoxy) is 4. The fourth-order valence-corrected chi connectivity index (χ4v) is 4.18. The summed E-state index contributed by atoms with van der Waals surface area (Å²) in [4.78, 5) is 0. The number of thiocarbonyl (C=S) groups is 1. The Hall–Kier alpha value is -2.67. The molecule has 0 aliphatic heterocycles. The number of nitrogens with one attached hydrogen (secondary N) is 2. The molecule has 0 aromatic heterocycles. The first-order chi connectivity index (χ1) is 14.0. The average molecular weight is 417 g/mol. The Morgan fingerprint density at radius 1 is 0.828 bits per heavy atom. The molecule has 6 nitrogen and oxygen atoms in total. The molecule has 0 spiro atoms. The van der Waals surface area contributed by atoms with Crippen LogP contribution in [0.5, 0.6) is 23.0 Å². The van der Waals surface area contributed by atoms with Gasteiger partial charge in [0.25, 0.3) is 0 Å². The molecule has 0 unspecified atom stereocenters. The van der Waals surface area contributed by atoms with Gasteiger partial charge in [-0.15, -0.1) is 0 Å². The predicted octanol–water partition coefficient (Wildman–Crippen LogP) is 4.48. The molecule has 7 heteroatoms. The van der Waals surface area contributed by atoms with Gasteiger partial charge in [-0.2, -0.15) is 0 Å². The topological polar surface area (TPSA) is 61.0 Å². The monoisotopic (exact) mass is 416 g/mol. The summed E-state index contributed by atoms with van der Waals surface area (Å²) in [5, 5.41) is 7.38. The van der Waals surface area contributed by atoms with Crippen LogP contribution >= 0.6 is 12.2 Å². The van der Waals surface area contributed by atoms with Gasteiger partial charge >= 0.3 is 0 Å². The van der Waals surface area contributed by atoms with Crippen molar-refractivity contribution in [3.8, 4) is 23.0 Å². The van der Waals surface area contributed by atoms with Crippen molar-refractivity contribution in [1.29, 1.82) is 0 Å². The summed E-state index contributed by atoms with van der Waals surface area (Å²) in [7, 11) is 6.54. The SMILES string of the molecule is COc1ccc(NC(=S)NC2(c3ccc(OC)c(OC)c3)CCCC2)c(OC)c1. The molecule has 0 bridgehead atoms. The number of methoxy groups -OCH3 is 4. The zero-order chi connectivity index (χ0) is 20.9. The van der Waals surface area contributed by atoms with Crippen molar-refractivity contribution in [2.75, 3.05) is 33.8 Å². The molecule has 3 rings (SSSR count). The van der Waals surface area contributed by atoms with Crippen LogP contribution in [-0.2, 0) is 5.54 Å². The highest BCUT2D eigenvalue weighted by atomic mass is 32.1. The van der Waals surface area contributed by atoms with Crippen LogP contribution in [0.25, 0.3) is 0 Å². The summed E-state index contributed by atoms with van der Waals surface area (Å²) in [6.07, 6.45) is 4.25. The third-order valence-electron chi connectivity index (χ3n) is 5.40. The third-order valence-corrected chi connectivity index (χ3v) is 5.61. The van der Waals surface area contributed by atoms with Crippen LogP contribution in [0.3, 0.4) is 0 Å². The molecule has 2 N–H and O–H groups in total. The van der Waals surface area contributed by atoms with Crippen molar-refractivity contribution in [2.45, 2.75) is 31.2 Å². The van der Waals surface area contributed by atoms with Crippen LogP contribution < -0.4 is 29.6 Å². The summed E-state index contributed by atoms with van der Waals surface area (Å²) in [6.45, 7) is 0. The van der Waals surface area contributed by atoms with E-state index >= 15 is 0 Å². The number of benzene rings is 2. The highest BCUT2D eigenvalue weighted by Crippen LogP contribution is 2.42. The lowest BCUT2D eigenvalue weighted by Crippen LogP contribution is -2.45. The van der Waals surface area contributed by atoms with Gasteiger partial charge in [0.05, 0.1) is 39.7 Å². The second kappa shape index (κ2) is 9.22. The minimum Gasteiger partial charge on any atom is -0.497 e. The molecule has 29 heavy (non-hydrogen) atoms. The Labute approximate surface area is 177 Å². The Morgan fingerprint density at radius 3 is 2.14 bits per heavy atom. The molecular formula is C22H28N2O4S. The molecule has 0 heterocycles. The quantitative estimate of drug-likeness (QED) is 0.646. The molecule has 2 aromatic carbocycles. The highest BCUT2D eigenvalue weighted by Gasteiger charge is 2.37. The van der Waals surface area contributed by atoms with Crippen LogP contribution in [0.15, 0.2) is 36.4 Å². The van der Waals surface area contributed by atoms with Gasteiger partial charge in [0.15, 0.2) is 16.6 Å². The summed E-state index contributed by atoms with van der Waals surface area (Å²) in [5.41, 5.74) is 1.67. The second-order valence-electron chi connectivity index (χ2n) is 7.00. The molecule has 1 fully saturated rings. The maximum atomic E-state index is 5.66. The molecule has 1 aliphatic rings. The van der Waals surface area contributed by atoms with Gasteiger partial charge in [-0.3, -0.25) is 0 Å². The number of hydrogen-bond acceptors (Lipinski definition) is 5. The first kappa shape index (κ1) is 21.0. The number of rotatable bonds is 7. The fourth-order valence-electron chi connectivity index (χ4n) is 3.87. The largest absolute Gasteiger partial charge is 0.497 e. The van der Waals surface area contributed by atoms with Crippen LogP contribution in [0, 0.1) is 0 Å². The lowest BCUT2D eigenvalue weighted by Gasteiger charge is -2.33. The zero-order valence-corrected chi connectivity index (χ0v) is 18.2. The molecule has 2 aromatic rings. The second-order valence-corrected chi connectivity index (χ2v) is 7.41. The van der Waals surface area contributed by atoms with Crippen molar-refractivity contribution in [2.24, 2.45) is 0 Å². The maximum Gasteiger partial charge on any atom is 0.171 e. The summed E-state index contributed by atoms with van der Waals surface area (Å²) < 4.78 is 21.6. The lowest BCUT2D eigenvalue weighted by molar-refractivity contribution is 0.350. The molecule has 0 saturated heterocycles. The Balaban J connectivity index is 1.83. The van der Waals surface area contributed by atoms with E-state index in [1.807, 2.05) is 30.3 Å². The Bertz CT molecular complexity index is 866. The van der Waals surface area contributed by atoms with E-state index in [-0.39, 0.29) is 5.54 Å². The van der Waals surface area contributed by atoms with Crippen molar-refractivity contribution >= 4 is 23.0 Å². The first-order valence-electron chi connectivity index (χ1n) is 9.59. The molecule has 1 saturated carbocycles. The van der Waals surface area contributed by atoms with Crippen LogP contribution in [0.4, 0.5) is 5.69 Å². The maximum absolute atomic E-state index is 5.66. The molecule has 0 radical (unpaired) electrons. The molecule has 0 amide bonds. The smallest absolute Gasteiger partial charge is 0.171 e. The van der Waals surface area contributed by atoms with E-state index < -0.39 is 0 Å². The van der Waals surface area contributed by atoms with Gasteiger partial charge in [0.2, 0.25) is 0 Å². The standard InChI is InChI=1S/C22H28N2O4S/c1-25-16-8-9-17(19(14-16)27-3)23-21(29)24-22(11-5-6-12-22)15-7-10-18(26-2)20(13-15)28-4/h7-10,13-14H,5-6,11-12H2,1-4H3,(H2,23,24,29). The number of anilines is 1. The highest BCUT2D eigenvalue weighted by molar-refractivity contribution is 7.80. The van der Waals surface area contributed by atoms with E-state index in [9.17, 15) is 0 Å². The summed E-state index contributed by atoms with van der Waals surface area (Å²) >= 11 is 5.66. The molecule has 1 aliphatic carbocycles. The first-order valence-corrected chi connectivity index (χ1v) is 10.00. The average Bonchev–Trinajstić information content (AvgIpc) is 3.22. The van der Waals surface area contributed by atoms with E-state index in [1.54, 1.807) is 28.4 Å². The van der Waals surface area contributed by atoms with Crippen LogP contribution in [0.2, 0.25) is 0 Å². The molecular weight excluding hydrogens is 388 g/mol. The van der Waals surface area contributed by atoms with E-state index in [0.717, 1.165) is 42.7 Å².